The number of rotatable bonds is 5. The number of carbonyl (C=O) groups is 1. The van der Waals surface area contributed by atoms with Crippen LogP contribution in [0.25, 0.3) is 0 Å². The van der Waals surface area contributed by atoms with Gasteiger partial charge in [0.2, 0.25) is 5.78 Å². The average Bonchev–Trinajstić information content (AvgIpc) is 2.73. The first-order valence-corrected chi connectivity index (χ1v) is 6.97. The first-order valence-electron chi connectivity index (χ1n) is 6.97. The number of allylic oxidation sites excluding steroid dienone is 2. The van der Waals surface area contributed by atoms with Crippen molar-refractivity contribution in [1.29, 1.82) is 0 Å². The summed E-state index contributed by atoms with van der Waals surface area (Å²) in [6.07, 6.45) is -9.62. The zero-order valence-electron chi connectivity index (χ0n) is 12.6. The van der Waals surface area contributed by atoms with Crippen LogP contribution in [0.1, 0.15) is 6.42 Å². The lowest BCUT2D eigenvalue weighted by Crippen LogP contribution is -2.38. The normalized spacial score (nSPS) is 17.0. The van der Waals surface area contributed by atoms with E-state index in [1.165, 1.54) is 24.3 Å². The summed E-state index contributed by atoms with van der Waals surface area (Å²) in [5, 5.41) is 2.31. The molecular formula is C15H10F8N2O. The molecular weight excluding hydrogens is 376 g/mol. The highest BCUT2D eigenvalue weighted by Crippen LogP contribution is 2.36. The second kappa shape index (κ2) is 7.04. The van der Waals surface area contributed by atoms with Crippen molar-refractivity contribution in [2.75, 3.05) is 5.32 Å². The van der Waals surface area contributed by atoms with Crippen LogP contribution in [0.15, 0.2) is 41.0 Å². The molecule has 11 heteroatoms. The zero-order valence-corrected chi connectivity index (χ0v) is 12.6. The quantitative estimate of drug-likeness (QED) is 0.582. The summed E-state index contributed by atoms with van der Waals surface area (Å²) in [5.74, 6) is -12.1. The second-order valence-electron chi connectivity index (χ2n) is 5.26. The first kappa shape index (κ1) is 19.9. The number of nitrogens with one attached hydrogen (secondary N) is 1. The molecule has 0 fully saturated rings. The van der Waals surface area contributed by atoms with Crippen molar-refractivity contribution in [1.82, 2.24) is 0 Å². The summed E-state index contributed by atoms with van der Waals surface area (Å²) in [4.78, 5) is 14.8. The largest absolute Gasteiger partial charge is 0.368 e. The molecule has 2 rings (SSSR count). The van der Waals surface area contributed by atoms with E-state index in [4.69, 9.17) is 0 Å². The van der Waals surface area contributed by atoms with Crippen molar-refractivity contribution in [2.45, 2.75) is 31.1 Å². The SMILES string of the molecule is O=C(/C=C1/CC(C(F)(F)C(F)F)=Nc2ccccc2N1)C(F)(F)C(F)F. The van der Waals surface area contributed by atoms with Gasteiger partial charge in [-0.05, 0) is 12.1 Å². The Bertz CT molecular complexity index is 758. The summed E-state index contributed by atoms with van der Waals surface area (Å²) in [6, 6.07) is 5.19. The Balaban J connectivity index is 2.50. The van der Waals surface area contributed by atoms with E-state index in [1.807, 2.05) is 0 Å². The number of anilines is 1. The molecule has 0 unspecified atom stereocenters. The molecule has 0 bridgehead atoms. The number of alkyl halides is 8. The lowest BCUT2D eigenvalue weighted by Gasteiger charge is -2.18. The van der Waals surface area contributed by atoms with Crippen LogP contribution in [0.4, 0.5) is 46.5 Å². The highest BCUT2D eigenvalue weighted by atomic mass is 19.3. The van der Waals surface area contributed by atoms with E-state index < -0.39 is 48.3 Å². The molecule has 1 aliphatic rings. The smallest absolute Gasteiger partial charge is 0.357 e. The number of benzene rings is 1. The van der Waals surface area contributed by atoms with Crippen molar-refractivity contribution in [3.63, 3.8) is 0 Å². The number of para-hydroxylation sites is 2. The number of aliphatic imine (C=N–C) groups is 1. The van der Waals surface area contributed by atoms with E-state index >= 15 is 0 Å². The minimum Gasteiger partial charge on any atom is -0.357 e. The van der Waals surface area contributed by atoms with Gasteiger partial charge in [-0.15, -0.1) is 0 Å². The Morgan fingerprint density at radius 3 is 2.27 bits per heavy atom. The van der Waals surface area contributed by atoms with Crippen LogP contribution in [-0.2, 0) is 4.79 Å². The Hall–Kier alpha value is -2.46. The molecule has 26 heavy (non-hydrogen) atoms. The minimum absolute atomic E-state index is 0.00860. The number of hydrogen-bond acceptors (Lipinski definition) is 3. The maximum atomic E-state index is 13.7. The maximum absolute atomic E-state index is 13.7. The van der Waals surface area contributed by atoms with Gasteiger partial charge in [-0.2, -0.15) is 17.6 Å². The van der Waals surface area contributed by atoms with Gasteiger partial charge in [0.1, 0.15) is 0 Å². The molecule has 1 N–H and O–H groups in total. The summed E-state index contributed by atoms with van der Waals surface area (Å²) in [5.41, 5.74) is -2.35. The lowest BCUT2D eigenvalue weighted by atomic mass is 10.1. The van der Waals surface area contributed by atoms with Gasteiger partial charge in [0, 0.05) is 18.2 Å². The molecule has 1 heterocycles. The van der Waals surface area contributed by atoms with Crippen molar-refractivity contribution >= 4 is 22.9 Å². The van der Waals surface area contributed by atoms with Gasteiger partial charge >= 0.3 is 24.7 Å². The van der Waals surface area contributed by atoms with Crippen LogP contribution in [0.5, 0.6) is 0 Å². The summed E-state index contributed by atoms with van der Waals surface area (Å²) in [6.45, 7) is 0. The third-order valence-electron chi connectivity index (χ3n) is 3.38. The van der Waals surface area contributed by atoms with Crippen LogP contribution in [0.3, 0.4) is 0 Å². The van der Waals surface area contributed by atoms with E-state index in [0.717, 1.165) is 0 Å². The molecule has 3 nitrogen and oxygen atoms in total. The zero-order chi connectivity index (χ0) is 19.7. The van der Waals surface area contributed by atoms with Crippen LogP contribution < -0.4 is 5.32 Å². The molecule has 1 aromatic carbocycles. The molecule has 0 radical (unpaired) electrons. The summed E-state index contributed by atoms with van der Waals surface area (Å²) in [7, 11) is 0. The number of hydrogen-bond donors (Lipinski definition) is 1. The molecule has 142 valence electrons. The second-order valence-corrected chi connectivity index (χ2v) is 5.26. The van der Waals surface area contributed by atoms with Gasteiger partial charge in [0.05, 0.1) is 17.1 Å². The molecule has 0 atom stereocenters. The number of nitrogens with zero attached hydrogens (tertiary/aromatic N) is 1. The predicted octanol–water partition coefficient (Wildman–Crippen LogP) is 4.83. The number of halogens is 8. The average molecular weight is 386 g/mol. The van der Waals surface area contributed by atoms with Crippen LogP contribution in [0, 0.1) is 0 Å². The van der Waals surface area contributed by atoms with Gasteiger partial charge in [-0.1, -0.05) is 12.1 Å². The Kier molecular flexibility index (Phi) is 5.38. The predicted molar refractivity (Wildman–Crippen MR) is 76.8 cm³/mol. The molecule has 1 aliphatic heterocycles. The lowest BCUT2D eigenvalue weighted by molar-refractivity contribution is -0.161. The van der Waals surface area contributed by atoms with E-state index in [9.17, 15) is 39.9 Å². The summed E-state index contributed by atoms with van der Waals surface area (Å²) >= 11 is 0. The Labute approximate surface area is 141 Å². The standard InChI is InChI=1S/C15H10F8N2O/c16-12(17)14(20,21)10-5-7(6-11(26)15(22,23)13(18)19)24-8-3-1-2-4-9(8)25-10/h1-4,6,12-13,24H,5H2/b7-6-. The maximum Gasteiger partial charge on any atom is 0.368 e. The van der Waals surface area contributed by atoms with Crippen molar-refractivity contribution < 1.29 is 39.9 Å². The van der Waals surface area contributed by atoms with Crippen LogP contribution in [-0.4, -0.2) is 36.2 Å². The first-order chi connectivity index (χ1) is 12.0. The molecule has 0 aromatic heterocycles. The van der Waals surface area contributed by atoms with Gasteiger partial charge in [-0.25, -0.2) is 22.6 Å². The van der Waals surface area contributed by atoms with E-state index in [-0.39, 0.29) is 17.5 Å². The molecule has 0 amide bonds. The Morgan fingerprint density at radius 1 is 1.08 bits per heavy atom. The molecule has 0 saturated carbocycles. The fraction of sp³-hybridized carbons (Fsp3) is 0.333. The van der Waals surface area contributed by atoms with Crippen molar-refractivity contribution in [2.24, 2.45) is 4.99 Å². The van der Waals surface area contributed by atoms with E-state index in [0.29, 0.717) is 0 Å². The molecule has 0 saturated heterocycles. The molecule has 1 aromatic rings. The number of carbonyl (C=O) groups excluding carboxylic acids is 1. The fourth-order valence-electron chi connectivity index (χ4n) is 2.03. The third kappa shape index (κ3) is 3.86. The van der Waals surface area contributed by atoms with Crippen molar-refractivity contribution in [3.05, 3.63) is 36.0 Å². The highest BCUT2D eigenvalue weighted by molar-refractivity contribution is 6.01. The Morgan fingerprint density at radius 2 is 1.69 bits per heavy atom. The topological polar surface area (TPSA) is 41.5 Å². The van der Waals surface area contributed by atoms with Crippen LogP contribution >= 0.6 is 0 Å². The van der Waals surface area contributed by atoms with Crippen LogP contribution in [0.2, 0.25) is 0 Å². The van der Waals surface area contributed by atoms with Crippen molar-refractivity contribution in [3.8, 4) is 0 Å². The van der Waals surface area contributed by atoms with Gasteiger partial charge < -0.3 is 5.32 Å². The van der Waals surface area contributed by atoms with Gasteiger partial charge in [0.25, 0.3) is 0 Å². The van der Waals surface area contributed by atoms with Gasteiger partial charge in [0.15, 0.2) is 0 Å². The summed E-state index contributed by atoms with van der Waals surface area (Å²) < 4.78 is 103. The molecule has 0 aliphatic carbocycles. The van der Waals surface area contributed by atoms with E-state index in [2.05, 4.69) is 10.3 Å². The number of ketones is 1. The third-order valence-corrected chi connectivity index (χ3v) is 3.38. The number of fused-ring (bicyclic) bond motifs is 1. The molecule has 0 spiro atoms. The van der Waals surface area contributed by atoms with E-state index in [1.54, 1.807) is 0 Å². The van der Waals surface area contributed by atoms with Gasteiger partial charge in [-0.3, -0.25) is 4.79 Å². The minimum atomic E-state index is -5.05. The fourth-order valence-corrected chi connectivity index (χ4v) is 2.03. The highest BCUT2D eigenvalue weighted by Gasteiger charge is 2.49. The monoisotopic (exact) mass is 386 g/mol.